The molecule has 2 rings (SSSR count). The topological polar surface area (TPSA) is 35.8 Å². The third-order valence-electron chi connectivity index (χ3n) is 2.67. The molecule has 0 aliphatic carbocycles. The van der Waals surface area contributed by atoms with E-state index in [4.69, 9.17) is 5.26 Å². The lowest BCUT2D eigenvalue weighted by atomic mass is 10.0. The first-order valence-electron chi connectivity index (χ1n) is 5.19. The van der Waals surface area contributed by atoms with Crippen LogP contribution in [0.1, 0.15) is 6.42 Å². The fourth-order valence-electron chi connectivity index (χ4n) is 1.79. The molecular formula is C12H14N2S. The zero-order chi connectivity index (χ0) is 10.5. The molecule has 1 saturated heterocycles. The Morgan fingerprint density at radius 2 is 2.20 bits per heavy atom. The Morgan fingerprint density at radius 1 is 1.40 bits per heavy atom. The van der Waals surface area contributed by atoms with Crippen molar-refractivity contribution in [2.24, 2.45) is 5.92 Å². The summed E-state index contributed by atoms with van der Waals surface area (Å²) in [4.78, 5) is 0. The van der Waals surface area contributed by atoms with Crippen LogP contribution in [0.25, 0.3) is 0 Å². The number of rotatable bonds is 3. The van der Waals surface area contributed by atoms with Crippen molar-refractivity contribution in [1.29, 1.82) is 5.26 Å². The van der Waals surface area contributed by atoms with E-state index in [2.05, 4.69) is 11.4 Å². The van der Waals surface area contributed by atoms with E-state index < -0.39 is 0 Å². The summed E-state index contributed by atoms with van der Waals surface area (Å²) in [5.41, 5.74) is 1.04. The Bertz CT molecular complexity index is 338. The maximum Gasteiger partial charge on any atom is 0.118 e. The molecule has 1 aromatic carbocycles. The van der Waals surface area contributed by atoms with Gasteiger partial charge < -0.3 is 5.32 Å². The molecule has 1 aliphatic rings. The van der Waals surface area contributed by atoms with Crippen molar-refractivity contribution in [2.45, 2.75) is 12.5 Å². The second-order valence-electron chi connectivity index (χ2n) is 3.74. The normalized spacial score (nSPS) is 21.9. The van der Waals surface area contributed by atoms with Crippen molar-refractivity contribution in [3.63, 3.8) is 0 Å². The minimum absolute atomic E-state index is 0.0394. The van der Waals surface area contributed by atoms with Crippen LogP contribution in [0.4, 0.5) is 5.69 Å². The number of thioether (sulfide) groups is 1. The third-order valence-corrected chi connectivity index (χ3v) is 3.86. The first-order valence-corrected chi connectivity index (χ1v) is 6.34. The Balaban J connectivity index is 2.00. The maximum atomic E-state index is 9.13. The molecule has 1 N–H and O–H groups in total. The highest BCUT2D eigenvalue weighted by Gasteiger charge is 2.24. The van der Waals surface area contributed by atoms with Gasteiger partial charge in [-0.25, -0.2) is 0 Å². The van der Waals surface area contributed by atoms with Crippen LogP contribution in [0.5, 0.6) is 0 Å². The zero-order valence-electron chi connectivity index (χ0n) is 8.52. The molecular weight excluding hydrogens is 204 g/mol. The molecule has 0 amide bonds. The van der Waals surface area contributed by atoms with Crippen molar-refractivity contribution < 1.29 is 0 Å². The minimum Gasteiger partial charge on any atom is -0.370 e. The van der Waals surface area contributed by atoms with E-state index in [1.165, 1.54) is 5.75 Å². The second kappa shape index (κ2) is 5.09. The molecule has 2 atom stereocenters. The van der Waals surface area contributed by atoms with Gasteiger partial charge in [0.1, 0.15) is 6.04 Å². The Kier molecular flexibility index (Phi) is 3.52. The fraction of sp³-hybridized carbons (Fsp3) is 0.417. The van der Waals surface area contributed by atoms with Gasteiger partial charge in [-0.3, -0.25) is 0 Å². The van der Waals surface area contributed by atoms with Gasteiger partial charge in [-0.2, -0.15) is 17.0 Å². The van der Waals surface area contributed by atoms with E-state index in [1.807, 2.05) is 42.1 Å². The first kappa shape index (κ1) is 10.4. The summed E-state index contributed by atoms with van der Waals surface area (Å²) in [5, 5.41) is 12.4. The number of anilines is 1. The number of para-hydroxylation sites is 1. The van der Waals surface area contributed by atoms with Crippen LogP contribution < -0.4 is 5.32 Å². The summed E-state index contributed by atoms with van der Waals surface area (Å²) in [7, 11) is 0. The summed E-state index contributed by atoms with van der Waals surface area (Å²) < 4.78 is 0. The van der Waals surface area contributed by atoms with Crippen LogP contribution in [-0.4, -0.2) is 17.5 Å². The van der Waals surface area contributed by atoms with E-state index in [0.29, 0.717) is 5.92 Å². The van der Waals surface area contributed by atoms with Crippen LogP contribution in [0.3, 0.4) is 0 Å². The lowest BCUT2D eigenvalue weighted by Gasteiger charge is -2.18. The van der Waals surface area contributed by atoms with Crippen LogP contribution in [-0.2, 0) is 0 Å². The van der Waals surface area contributed by atoms with E-state index in [0.717, 1.165) is 17.9 Å². The number of nitrogens with one attached hydrogen (secondary N) is 1. The van der Waals surface area contributed by atoms with Crippen molar-refractivity contribution in [1.82, 2.24) is 0 Å². The predicted molar refractivity (Wildman–Crippen MR) is 64.9 cm³/mol. The lowest BCUT2D eigenvalue weighted by Crippen LogP contribution is -2.27. The van der Waals surface area contributed by atoms with E-state index in [9.17, 15) is 0 Å². The fourth-order valence-corrected chi connectivity index (χ4v) is 3.08. The molecule has 1 aliphatic heterocycles. The SMILES string of the molecule is N#CC(Nc1ccccc1)C1CCSC1. The molecule has 2 unspecified atom stereocenters. The van der Waals surface area contributed by atoms with Gasteiger partial charge in [-0.1, -0.05) is 18.2 Å². The molecule has 0 spiro atoms. The van der Waals surface area contributed by atoms with Gasteiger partial charge in [0.25, 0.3) is 0 Å². The second-order valence-corrected chi connectivity index (χ2v) is 4.89. The average molecular weight is 218 g/mol. The summed E-state index contributed by atoms with van der Waals surface area (Å²) in [6.07, 6.45) is 1.16. The predicted octanol–water partition coefficient (Wildman–Crippen LogP) is 2.74. The van der Waals surface area contributed by atoms with E-state index in [1.54, 1.807) is 0 Å². The Labute approximate surface area is 94.7 Å². The van der Waals surface area contributed by atoms with Crippen LogP contribution in [0.15, 0.2) is 30.3 Å². The standard InChI is InChI=1S/C12H14N2S/c13-8-12(10-6-7-15-9-10)14-11-4-2-1-3-5-11/h1-5,10,12,14H,6-7,9H2. The molecule has 15 heavy (non-hydrogen) atoms. The summed E-state index contributed by atoms with van der Waals surface area (Å²) in [6.45, 7) is 0. The van der Waals surface area contributed by atoms with Crippen LogP contribution in [0, 0.1) is 17.2 Å². The van der Waals surface area contributed by atoms with Gasteiger partial charge in [0.2, 0.25) is 0 Å². The number of nitrogens with zero attached hydrogens (tertiary/aromatic N) is 1. The van der Waals surface area contributed by atoms with Gasteiger partial charge >= 0.3 is 0 Å². The van der Waals surface area contributed by atoms with Gasteiger partial charge in [-0.15, -0.1) is 0 Å². The van der Waals surface area contributed by atoms with Gasteiger partial charge in [0, 0.05) is 11.6 Å². The minimum atomic E-state index is -0.0394. The molecule has 78 valence electrons. The van der Waals surface area contributed by atoms with Crippen LogP contribution >= 0.6 is 11.8 Å². The molecule has 1 aromatic rings. The zero-order valence-corrected chi connectivity index (χ0v) is 9.33. The highest BCUT2D eigenvalue weighted by Crippen LogP contribution is 2.27. The third kappa shape index (κ3) is 2.66. The number of hydrogen-bond acceptors (Lipinski definition) is 3. The largest absolute Gasteiger partial charge is 0.370 e. The van der Waals surface area contributed by atoms with E-state index >= 15 is 0 Å². The van der Waals surface area contributed by atoms with Crippen molar-refractivity contribution in [2.75, 3.05) is 16.8 Å². The molecule has 0 saturated carbocycles. The summed E-state index contributed by atoms with van der Waals surface area (Å²) in [5.74, 6) is 2.80. The smallest absolute Gasteiger partial charge is 0.118 e. The summed E-state index contributed by atoms with van der Waals surface area (Å²) in [6, 6.07) is 12.3. The molecule has 1 fully saturated rings. The number of nitriles is 1. The molecule has 0 aromatic heterocycles. The average Bonchev–Trinajstić information content (AvgIpc) is 2.81. The highest BCUT2D eigenvalue weighted by atomic mass is 32.2. The quantitative estimate of drug-likeness (QED) is 0.847. The Hall–Kier alpha value is -1.14. The Morgan fingerprint density at radius 3 is 2.80 bits per heavy atom. The molecule has 0 radical (unpaired) electrons. The molecule has 3 heteroatoms. The number of benzene rings is 1. The maximum absolute atomic E-state index is 9.13. The highest BCUT2D eigenvalue weighted by molar-refractivity contribution is 7.99. The molecule has 0 bridgehead atoms. The van der Waals surface area contributed by atoms with Gasteiger partial charge in [-0.05, 0) is 30.1 Å². The van der Waals surface area contributed by atoms with E-state index in [-0.39, 0.29) is 6.04 Å². The first-order chi connectivity index (χ1) is 7.40. The summed E-state index contributed by atoms with van der Waals surface area (Å²) >= 11 is 1.95. The van der Waals surface area contributed by atoms with Crippen LogP contribution in [0.2, 0.25) is 0 Å². The van der Waals surface area contributed by atoms with Crippen molar-refractivity contribution >= 4 is 17.4 Å². The lowest BCUT2D eigenvalue weighted by molar-refractivity contribution is 0.565. The van der Waals surface area contributed by atoms with Gasteiger partial charge in [0.05, 0.1) is 6.07 Å². The van der Waals surface area contributed by atoms with Crippen molar-refractivity contribution in [3.8, 4) is 6.07 Å². The number of hydrogen-bond donors (Lipinski definition) is 1. The molecule has 1 heterocycles. The monoisotopic (exact) mass is 218 g/mol. The van der Waals surface area contributed by atoms with Crippen molar-refractivity contribution in [3.05, 3.63) is 30.3 Å². The van der Waals surface area contributed by atoms with Gasteiger partial charge in [0.15, 0.2) is 0 Å². The molecule has 2 nitrogen and oxygen atoms in total.